The molecule has 0 aliphatic heterocycles. The van der Waals surface area contributed by atoms with Crippen molar-refractivity contribution in [1.29, 1.82) is 0 Å². The Morgan fingerprint density at radius 3 is 2.58 bits per heavy atom. The van der Waals surface area contributed by atoms with E-state index in [-0.39, 0.29) is 12.4 Å². The number of halogens is 1. The molecular formula is C20H18ClNO4. The number of aromatic nitrogens is 1. The van der Waals surface area contributed by atoms with Gasteiger partial charge in [0.2, 0.25) is 5.89 Å². The number of hydrogen-bond donors (Lipinski definition) is 0. The molecular weight excluding hydrogens is 354 g/mol. The number of oxazole rings is 1. The second-order valence-electron chi connectivity index (χ2n) is 5.88. The molecule has 0 unspecified atom stereocenters. The maximum atomic E-state index is 11.7. The number of aryl methyl sites for hydroxylation is 2. The molecule has 2 aromatic carbocycles. The Bertz CT molecular complexity index is 931. The first kappa shape index (κ1) is 18.0. The van der Waals surface area contributed by atoms with Gasteiger partial charge in [0, 0.05) is 10.6 Å². The number of esters is 1. The lowest BCUT2D eigenvalue weighted by Crippen LogP contribution is -2.05. The van der Waals surface area contributed by atoms with Gasteiger partial charge in [0.25, 0.3) is 0 Å². The topological polar surface area (TPSA) is 61.6 Å². The van der Waals surface area contributed by atoms with E-state index in [0.717, 1.165) is 16.7 Å². The zero-order valence-electron chi connectivity index (χ0n) is 14.7. The fourth-order valence-corrected chi connectivity index (χ4v) is 2.50. The average molecular weight is 372 g/mol. The SMILES string of the molecule is COC(=O)Cc1nc(-c2ccc(Cl)cc2)oc1Oc1cc(C)ccc1C. The van der Waals surface area contributed by atoms with Crippen LogP contribution in [0.15, 0.2) is 46.9 Å². The van der Waals surface area contributed by atoms with Crippen molar-refractivity contribution in [1.82, 2.24) is 4.98 Å². The maximum Gasteiger partial charge on any atom is 0.315 e. The van der Waals surface area contributed by atoms with Crippen molar-refractivity contribution in [3.8, 4) is 23.1 Å². The number of methoxy groups -OCH3 is 1. The van der Waals surface area contributed by atoms with Crippen LogP contribution >= 0.6 is 11.6 Å². The van der Waals surface area contributed by atoms with Gasteiger partial charge in [0.1, 0.15) is 11.4 Å². The lowest BCUT2D eigenvalue weighted by atomic mass is 10.1. The fourth-order valence-electron chi connectivity index (χ4n) is 2.37. The number of carbonyl (C=O) groups is 1. The highest BCUT2D eigenvalue weighted by Gasteiger charge is 2.20. The number of rotatable bonds is 5. The third kappa shape index (κ3) is 4.06. The number of hydrogen-bond acceptors (Lipinski definition) is 5. The number of nitrogens with zero attached hydrogens (tertiary/aromatic N) is 1. The molecule has 0 spiro atoms. The fraction of sp³-hybridized carbons (Fsp3) is 0.200. The molecule has 0 aliphatic rings. The van der Waals surface area contributed by atoms with Crippen molar-refractivity contribution in [2.75, 3.05) is 7.11 Å². The van der Waals surface area contributed by atoms with Gasteiger partial charge in [-0.3, -0.25) is 4.79 Å². The zero-order valence-corrected chi connectivity index (χ0v) is 15.5. The van der Waals surface area contributed by atoms with E-state index in [1.165, 1.54) is 7.11 Å². The van der Waals surface area contributed by atoms with Gasteiger partial charge in [0.15, 0.2) is 0 Å². The van der Waals surface area contributed by atoms with E-state index >= 15 is 0 Å². The Hall–Kier alpha value is -2.79. The second-order valence-corrected chi connectivity index (χ2v) is 6.32. The van der Waals surface area contributed by atoms with Crippen LogP contribution in [0.3, 0.4) is 0 Å². The minimum atomic E-state index is -0.424. The predicted molar refractivity (Wildman–Crippen MR) is 98.7 cm³/mol. The molecule has 26 heavy (non-hydrogen) atoms. The van der Waals surface area contributed by atoms with Gasteiger partial charge in [-0.25, -0.2) is 4.98 Å². The highest BCUT2D eigenvalue weighted by atomic mass is 35.5. The van der Waals surface area contributed by atoms with Gasteiger partial charge in [0.05, 0.1) is 13.5 Å². The van der Waals surface area contributed by atoms with Crippen molar-refractivity contribution in [3.63, 3.8) is 0 Å². The molecule has 0 fully saturated rings. The van der Waals surface area contributed by atoms with Crippen LogP contribution in [-0.2, 0) is 16.0 Å². The molecule has 0 atom stereocenters. The molecule has 0 saturated carbocycles. The minimum absolute atomic E-state index is 0.0478. The largest absolute Gasteiger partial charge is 0.469 e. The third-order valence-electron chi connectivity index (χ3n) is 3.84. The summed E-state index contributed by atoms with van der Waals surface area (Å²) < 4.78 is 16.5. The van der Waals surface area contributed by atoms with E-state index in [1.807, 2.05) is 32.0 Å². The van der Waals surface area contributed by atoms with Gasteiger partial charge < -0.3 is 13.9 Å². The van der Waals surface area contributed by atoms with Crippen LogP contribution in [0, 0.1) is 13.8 Å². The Morgan fingerprint density at radius 2 is 1.88 bits per heavy atom. The molecule has 0 N–H and O–H groups in total. The number of ether oxygens (including phenoxy) is 2. The monoisotopic (exact) mass is 371 g/mol. The smallest absolute Gasteiger partial charge is 0.315 e. The number of benzene rings is 2. The summed E-state index contributed by atoms with van der Waals surface area (Å²) in [6.07, 6.45) is -0.0478. The number of carbonyl (C=O) groups excluding carboxylic acids is 1. The summed E-state index contributed by atoms with van der Waals surface area (Å²) in [6.45, 7) is 3.91. The van der Waals surface area contributed by atoms with E-state index in [0.29, 0.717) is 22.4 Å². The lowest BCUT2D eigenvalue weighted by molar-refractivity contribution is -0.139. The van der Waals surface area contributed by atoms with Gasteiger partial charge in [-0.2, -0.15) is 0 Å². The highest BCUT2D eigenvalue weighted by Crippen LogP contribution is 2.33. The van der Waals surface area contributed by atoms with Crippen LogP contribution in [0.4, 0.5) is 0 Å². The Kier molecular flexibility index (Phi) is 5.28. The molecule has 0 radical (unpaired) electrons. The van der Waals surface area contributed by atoms with Gasteiger partial charge in [-0.1, -0.05) is 23.7 Å². The highest BCUT2D eigenvalue weighted by molar-refractivity contribution is 6.30. The summed E-state index contributed by atoms with van der Waals surface area (Å²) in [5.41, 5.74) is 3.11. The van der Waals surface area contributed by atoms with Crippen molar-refractivity contribution in [2.24, 2.45) is 0 Å². The Labute approximate surface area is 156 Å². The third-order valence-corrected chi connectivity index (χ3v) is 4.09. The van der Waals surface area contributed by atoms with Crippen molar-refractivity contribution < 1.29 is 18.7 Å². The maximum absolute atomic E-state index is 11.7. The van der Waals surface area contributed by atoms with E-state index in [2.05, 4.69) is 4.98 Å². The Balaban J connectivity index is 1.99. The van der Waals surface area contributed by atoms with Crippen LogP contribution in [0.5, 0.6) is 11.7 Å². The first-order valence-corrected chi connectivity index (χ1v) is 8.41. The van der Waals surface area contributed by atoms with Crippen molar-refractivity contribution >= 4 is 17.6 Å². The normalized spacial score (nSPS) is 10.6. The summed E-state index contributed by atoms with van der Waals surface area (Å²) in [7, 11) is 1.33. The van der Waals surface area contributed by atoms with Gasteiger partial charge in [-0.05, 0) is 55.3 Å². The standard InChI is InChI=1S/C20H18ClNO4/c1-12-4-5-13(2)17(10-12)25-20-16(11-18(23)24-3)22-19(26-20)14-6-8-15(21)9-7-14/h4-10H,11H2,1-3H3. The zero-order chi connectivity index (χ0) is 18.7. The van der Waals surface area contributed by atoms with Gasteiger partial charge in [-0.15, -0.1) is 0 Å². The van der Waals surface area contributed by atoms with E-state index in [9.17, 15) is 4.79 Å². The van der Waals surface area contributed by atoms with Crippen LogP contribution in [0.1, 0.15) is 16.8 Å². The molecule has 0 saturated heterocycles. The van der Waals surface area contributed by atoms with E-state index in [1.54, 1.807) is 24.3 Å². The van der Waals surface area contributed by atoms with Crippen molar-refractivity contribution in [3.05, 3.63) is 64.3 Å². The second kappa shape index (κ2) is 7.62. The predicted octanol–water partition coefficient (Wildman–Crippen LogP) is 5.12. The summed E-state index contributed by atoms with van der Waals surface area (Å²) >= 11 is 5.93. The Morgan fingerprint density at radius 1 is 1.15 bits per heavy atom. The van der Waals surface area contributed by atoms with E-state index < -0.39 is 5.97 Å². The van der Waals surface area contributed by atoms with E-state index in [4.69, 9.17) is 25.5 Å². The molecule has 1 heterocycles. The van der Waals surface area contributed by atoms with Crippen LogP contribution in [-0.4, -0.2) is 18.1 Å². The molecule has 0 bridgehead atoms. The summed E-state index contributed by atoms with van der Waals surface area (Å²) in [5, 5.41) is 0.613. The molecule has 134 valence electrons. The molecule has 0 amide bonds. The molecule has 0 aliphatic carbocycles. The first-order chi connectivity index (χ1) is 12.5. The van der Waals surface area contributed by atoms with Crippen LogP contribution in [0.2, 0.25) is 5.02 Å². The summed E-state index contributed by atoms with van der Waals surface area (Å²) in [5.74, 6) is 0.747. The molecule has 6 heteroatoms. The van der Waals surface area contributed by atoms with Crippen LogP contribution in [0.25, 0.3) is 11.5 Å². The van der Waals surface area contributed by atoms with Crippen molar-refractivity contribution in [2.45, 2.75) is 20.3 Å². The molecule has 1 aromatic heterocycles. The van der Waals surface area contributed by atoms with Gasteiger partial charge >= 0.3 is 11.9 Å². The first-order valence-electron chi connectivity index (χ1n) is 8.04. The average Bonchev–Trinajstić information content (AvgIpc) is 3.01. The molecule has 5 nitrogen and oxygen atoms in total. The molecule has 3 aromatic rings. The van der Waals surface area contributed by atoms with Crippen LogP contribution < -0.4 is 4.74 Å². The summed E-state index contributed by atoms with van der Waals surface area (Å²) in [4.78, 5) is 16.1. The minimum Gasteiger partial charge on any atom is -0.469 e. The summed E-state index contributed by atoms with van der Waals surface area (Å²) in [6, 6.07) is 12.9. The lowest BCUT2D eigenvalue weighted by Gasteiger charge is -2.07. The quantitative estimate of drug-likeness (QED) is 0.582. The molecule has 3 rings (SSSR count).